The Morgan fingerprint density at radius 2 is 1.90 bits per heavy atom. The van der Waals surface area contributed by atoms with E-state index in [1.807, 2.05) is 30.3 Å². The molecule has 156 valence electrons. The van der Waals surface area contributed by atoms with Crippen LogP contribution in [0.25, 0.3) is 11.4 Å². The second kappa shape index (κ2) is 8.15. The molecule has 0 radical (unpaired) electrons. The Morgan fingerprint density at radius 1 is 1.17 bits per heavy atom. The van der Waals surface area contributed by atoms with Gasteiger partial charge in [0, 0.05) is 5.56 Å². The number of hydrogen-bond acceptors (Lipinski definition) is 7. The minimum absolute atomic E-state index is 0.000696. The number of nitrogens with zero attached hydrogens (tertiary/aromatic N) is 3. The van der Waals surface area contributed by atoms with Crippen molar-refractivity contribution < 1.29 is 22.5 Å². The number of ether oxygens (including phenoxy) is 1. The Labute approximate surface area is 173 Å². The summed E-state index contributed by atoms with van der Waals surface area (Å²) in [6, 6.07) is 16.0. The van der Waals surface area contributed by atoms with Crippen LogP contribution in [0, 0.1) is 0 Å². The first-order valence-electron chi connectivity index (χ1n) is 9.40. The summed E-state index contributed by atoms with van der Waals surface area (Å²) in [4.78, 5) is 16.9. The Balaban J connectivity index is 1.46. The highest BCUT2D eigenvalue weighted by molar-refractivity contribution is 7.92. The zero-order chi connectivity index (χ0) is 21.1. The number of anilines is 1. The second-order valence-electron chi connectivity index (χ2n) is 6.60. The first-order chi connectivity index (χ1) is 14.5. The van der Waals surface area contributed by atoms with Gasteiger partial charge in [-0.15, -0.1) is 0 Å². The van der Waals surface area contributed by atoms with E-state index in [4.69, 9.17) is 9.26 Å². The van der Waals surface area contributed by atoms with Crippen molar-refractivity contribution >= 4 is 21.6 Å². The summed E-state index contributed by atoms with van der Waals surface area (Å²) in [5, 5.41) is 6.58. The summed E-state index contributed by atoms with van der Waals surface area (Å²) in [5.74, 6) is 0.435. The fraction of sp³-hybridized carbons (Fsp3) is 0.250. The predicted molar refractivity (Wildman–Crippen MR) is 109 cm³/mol. The van der Waals surface area contributed by atoms with E-state index in [1.54, 1.807) is 31.2 Å². The van der Waals surface area contributed by atoms with Crippen LogP contribution in [-0.2, 0) is 21.4 Å². The number of para-hydroxylation sites is 2. The Bertz CT molecular complexity index is 1150. The molecule has 4 rings (SSSR count). The average molecular weight is 428 g/mol. The van der Waals surface area contributed by atoms with Crippen LogP contribution in [0.2, 0.25) is 0 Å². The van der Waals surface area contributed by atoms with Crippen molar-refractivity contribution in [1.82, 2.24) is 15.5 Å². The lowest BCUT2D eigenvalue weighted by molar-refractivity contribution is -0.128. The molecule has 1 atom stereocenters. The molecule has 0 saturated carbocycles. The molecule has 0 bridgehead atoms. The van der Waals surface area contributed by atoms with Gasteiger partial charge in [-0.05, 0) is 19.1 Å². The van der Waals surface area contributed by atoms with E-state index in [-0.39, 0.29) is 24.7 Å². The highest BCUT2D eigenvalue weighted by Crippen LogP contribution is 2.35. The highest BCUT2D eigenvalue weighted by atomic mass is 32.2. The molecule has 3 aromatic rings. The van der Waals surface area contributed by atoms with Crippen LogP contribution in [0.1, 0.15) is 12.8 Å². The van der Waals surface area contributed by atoms with Crippen molar-refractivity contribution in [2.24, 2.45) is 0 Å². The lowest BCUT2D eigenvalue weighted by Gasteiger charge is -2.34. The first kappa shape index (κ1) is 19.9. The molecule has 1 aliphatic rings. The number of rotatable bonds is 6. The highest BCUT2D eigenvalue weighted by Gasteiger charge is 2.35. The summed E-state index contributed by atoms with van der Waals surface area (Å²) < 4.78 is 37.2. The van der Waals surface area contributed by atoms with E-state index in [9.17, 15) is 13.2 Å². The second-order valence-corrected chi connectivity index (χ2v) is 8.78. The molecule has 9 nitrogen and oxygen atoms in total. The number of nitrogens with one attached hydrogen (secondary N) is 1. The van der Waals surface area contributed by atoms with Crippen LogP contribution >= 0.6 is 0 Å². The largest absolute Gasteiger partial charge is 0.476 e. The maximum absolute atomic E-state index is 12.7. The van der Waals surface area contributed by atoms with Gasteiger partial charge in [0.1, 0.15) is 5.75 Å². The Morgan fingerprint density at radius 3 is 2.67 bits per heavy atom. The molecule has 0 fully saturated rings. The third-order valence-corrected chi connectivity index (χ3v) is 6.39. The van der Waals surface area contributed by atoms with Crippen LogP contribution in [-0.4, -0.2) is 42.9 Å². The lowest BCUT2D eigenvalue weighted by atomic mass is 10.2. The summed E-state index contributed by atoms with van der Waals surface area (Å²) in [6.45, 7) is 1.45. The minimum Gasteiger partial charge on any atom is -0.476 e. The number of carbonyl (C=O) groups is 1. The predicted octanol–water partition coefficient (Wildman–Crippen LogP) is 1.97. The van der Waals surface area contributed by atoms with E-state index in [0.29, 0.717) is 17.3 Å². The zero-order valence-electron chi connectivity index (χ0n) is 16.2. The summed E-state index contributed by atoms with van der Waals surface area (Å²) in [6.07, 6.45) is -1.00. The summed E-state index contributed by atoms with van der Waals surface area (Å²) in [7, 11) is -3.56. The smallest absolute Gasteiger partial charge is 0.263 e. The number of aromatic nitrogens is 2. The fourth-order valence-corrected chi connectivity index (χ4v) is 4.19. The molecule has 0 saturated heterocycles. The summed E-state index contributed by atoms with van der Waals surface area (Å²) >= 11 is 0. The summed E-state index contributed by atoms with van der Waals surface area (Å²) in [5.41, 5.74) is 1.22. The van der Waals surface area contributed by atoms with Gasteiger partial charge in [0.25, 0.3) is 5.91 Å². The monoisotopic (exact) mass is 428 g/mol. The SMILES string of the molecule is CCS(=O)(=O)N1C[C@@H](C(=O)NCc2nc(-c3ccccc3)no2)Oc2ccccc21. The number of benzene rings is 2. The Hall–Kier alpha value is -3.40. The molecule has 1 N–H and O–H groups in total. The molecule has 0 unspecified atom stereocenters. The number of fused-ring (bicyclic) bond motifs is 1. The minimum atomic E-state index is -3.56. The van der Waals surface area contributed by atoms with Crippen molar-refractivity contribution in [3.05, 3.63) is 60.5 Å². The van der Waals surface area contributed by atoms with Crippen molar-refractivity contribution in [3.8, 4) is 17.1 Å². The van der Waals surface area contributed by atoms with Crippen LogP contribution in [0.3, 0.4) is 0 Å². The molecule has 1 aliphatic heterocycles. The van der Waals surface area contributed by atoms with Gasteiger partial charge < -0.3 is 14.6 Å². The maximum Gasteiger partial charge on any atom is 0.263 e. The lowest BCUT2D eigenvalue weighted by Crippen LogP contribution is -2.50. The van der Waals surface area contributed by atoms with Crippen LogP contribution in [0.5, 0.6) is 5.75 Å². The normalized spacial score (nSPS) is 15.9. The van der Waals surface area contributed by atoms with E-state index < -0.39 is 22.0 Å². The van der Waals surface area contributed by atoms with Crippen molar-refractivity contribution in [1.29, 1.82) is 0 Å². The molecule has 2 aromatic carbocycles. The molecule has 10 heteroatoms. The molecule has 1 amide bonds. The van der Waals surface area contributed by atoms with Crippen LogP contribution in [0.15, 0.2) is 59.1 Å². The van der Waals surface area contributed by atoms with Crippen molar-refractivity contribution in [2.45, 2.75) is 19.6 Å². The third-order valence-electron chi connectivity index (χ3n) is 4.64. The van der Waals surface area contributed by atoms with Gasteiger partial charge in [-0.1, -0.05) is 47.6 Å². The van der Waals surface area contributed by atoms with E-state index in [2.05, 4.69) is 15.5 Å². The van der Waals surface area contributed by atoms with Gasteiger partial charge in [-0.25, -0.2) is 8.42 Å². The van der Waals surface area contributed by atoms with Crippen LogP contribution < -0.4 is 14.4 Å². The number of sulfonamides is 1. The molecular formula is C20H20N4O5S. The van der Waals surface area contributed by atoms with Gasteiger partial charge in [-0.3, -0.25) is 9.10 Å². The van der Waals surface area contributed by atoms with Crippen LogP contribution in [0.4, 0.5) is 5.69 Å². The quantitative estimate of drug-likeness (QED) is 0.638. The standard InChI is InChI=1S/C20H20N4O5S/c1-2-30(26,27)24-13-17(28-16-11-7-6-10-15(16)24)20(25)21-12-18-22-19(23-29-18)14-8-4-3-5-9-14/h3-11,17H,2,12-13H2,1H3,(H,21,25)/t17-/m0/s1. The van der Waals surface area contributed by atoms with Gasteiger partial charge in [0.15, 0.2) is 6.10 Å². The zero-order valence-corrected chi connectivity index (χ0v) is 17.0. The number of carbonyl (C=O) groups excluding carboxylic acids is 1. The molecule has 1 aromatic heterocycles. The van der Waals surface area contributed by atoms with Gasteiger partial charge >= 0.3 is 0 Å². The van der Waals surface area contributed by atoms with Gasteiger partial charge in [0.05, 0.1) is 24.5 Å². The van der Waals surface area contributed by atoms with Crippen molar-refractivity contribution in [3.63, 3.8) is 0 Å². The van der Waals surface area contributed by atoms with E-state index >= 15 is 0 Å². The topological polar surface area (TPSA) is 115 Å². The first-order valence-corrected chi connectivity index (χ1v) is 11.0. The fourth-order valence-electron chi connectivity index (χ4n) is 3.07. The molecule has 0 aliphatic carbocycles. The molecular weight excluding hydrogens is 408 g/mol. The third kappa shape index (κ3) is 3.99. The Kier molecular flexibility index (Phi) is 5.40. The number of hydrogen-bond donors (Lipinski definition) is 1. The van der Waals surface area contributed by atoms with E-state index in [0.717, 1.165) is 5.56 Å². The number of amides is 1. The molecule has 0 spiro atoms. The maximum atomic E-state index is 12.7. The van der Waals surface area contributed by atoms with Gasteiger partial charge in [-0.2, -0.15) is 4.98 Å². The van der Waals surface area contributed by atoms with E-state index in [1.165, 1.54) is 4.31 Å². The van der Waals surface area contributed by atoms with Gasteiger partial charge in [0.2, 0.25) is 21.7 Å². The van der Waals surface area contributed by atoms with Crippen molar-refractivity contribution in [2.75, 3.05) is 16.6 Å². The average Bonchev–Trinajstić information content (AvgIpc) is 3.26. The molecule has 30 heavy (non-hydrogen) atoms. The molecule has 2 heterocycles.